The lowest BCUT2D eigenvalue weighted by atomic mass is 10.1. The molecule has 2 aromatic carbocycles. The Morgan fingerprint density at radius 2 is 1.77 bits per heavy atom. The van der Waals surface area contributed by atoms with Gasteiger partial charge in [-0.15, -0.1) is 0 Å². The molecule has 0 saturated heterocycles. The number of ether oxygens (including phenoxy) is 1. The van der Waals surface area contributed by atoms with E-state index in [9.17, 15) is 9.59 Å². The van der Waals surface area contributed by atoms with Crippen LogP contribution in [0.4, 0.5) is 5.69 Å². The highest BCUT2D eigenvalue weighted by atomic mass is 16.5. The van der Waals surface area contributed by atoms with Crippen molar-refractivity contribution in [2.45, 2.75) is 13.0 Å². The molecular formula is C24H22N4O3. The number of pyridine rings is 1. The monoisotopic (exact) mass is 414 g/mol. The molecule has 0 saturated carbocycles. The van der Waals surface area contributed by atoms with Gasteiger partial charge in [0, 0.05) is 24.1 Å². The summed E-state index contributed by atoms with van der Waals surface area (Å²) in [4.78, 5) is 28.7. The molecule has 0 unspecified atom stereocenters. The largest absolute Gasteiger partial charge is 0.487 e. The summed E-state index contributed by atoms with van der Waals surface area (Å²) in [5.74, 6) is 0.104. The van der Waals surface area contributed by atoms with Crippen LogP contribution in [0.3, 0.4) is 0 Å². The number of benzene rings is 2. The van der Waals surface area contributed by atoms with Crippen molar-refractivity contribution in [3.8, 4) is 5.75 Å². The van der Waals surface area contributed by atoms with E-state index in [1.54, 1.807) is 18.2 Å². The minimum atomic E-state index is -0.307. The predicted molar refractivity (Wildman–Crippen MR) is 118 cm³/mol. The number of anilines is 1. The summed E-state index contributed by atoms with van der Waals surface area (Å²) in [5, 5.41) is 5.40. The van der Waals surface area contributed by atoms with E-state index < -0.39 is 0 Å². The van der Waals surface area contributed by atoms with Gasteiger partial charge in [-0.25, -0.2) is 4.98 Å². The standard InChI is InChI=1S/C24H22N4O3/c29-23(13-18-7-2-1-3-8-18)25-15-24(30)27-19-9-6-10-21(14-19)31-17-20-16-28-12-5-4-11-22(28)26-20/h1-12,14,16H,13,15,17H2,(H,25,29)(H,27,30). The number of fused-ring (bicyclic) bond motifs is 1. The van der Waals surface area contributed by atoms with Crippen LogP contribution in [0.15, 0.2) is 85.2 Å². The normalized spacial score (nSPS) is 10.6. The first-order valence-corrected chi connectivity index (χ1v) is 9.92. The molecule has 0 aliphatic carbocycles. The molecule has 0 radical (unpaired) electrons. The van der Waals surface area contributed by atoms with Crippen LogP contribution < -0.4 is 15.4 Å². The van der Waals surface area contributed by atoms with E-state index in [-0.39, 0.29) is 24.8 Å². The smallest absolute Gasteiger partial charge is 0.243 e. The van der Waals surface area contributed by atoms with Gasteiger partial charge in [-0.05, 0) is 29.8 Å². The Labute approximate surface area is 179 Å². The molecule has 7 heteroatoms. The highest BCUT2D eigenvalue weighted by molar-refractivity contribution is 5.94. The highest BCUT2D eigenvalue weighted by Crippen LogP contribution is 2.18. The molecule has 0 aliphatic heterocycles. The van der Waals surface area contributed by atoms with Crippen molar-refractivity contribution in [2.24, 2.45) is 0 Å². The number of amides is 2. The zero-order valence-corrected chi connectivity index (χ0v) is 16.8. The van der Waals surface area contributed by atoms with Gasteiger partial charge >= 0.3 is 0 Å². The van der Waals surface area contributed by atoms with E-state index in [0.717, 1.165) is 16.9 Å². The number of nitrogens with zero attached hydrogens (tertiary/aromatic N) is 2. The number of carbonyl (C=O) groups is 2. The lowest BCUT2D eigenvalue weighted by molar-refractivity contribution is -0.123. The van der Waals surface area contributed by atoms with Crippen molar-refractivity contribution in [1.29, 1.82) is 0 Å². The van der Waals surface area contributed by atoms with Gasteiger partial charge in [0.25, 0.3) is 0 Å². The van der Waals surface area contributed by atoms with Crippen molar-refractivity contribution in [2.75, 3.05) is 11.9 Å². The van der Waals surface area contributed by atoms with Crippen LogP contribution in [0, 0.1) is 0 Å². The highest BCUT2D eigenvalue weighted by Gasteiger charge is 2.08. The van der Waals surface area contributed by atoms with Crippen LogP contribution in [0.2, 0.25) is 0 Å². The molecule has 2 N–H and O–H groups in total. The topological polar surface area (TPSA) is 84.7 Å². The SMILES string of the molecule is O=C(Cc1ccccc1)NCC(=O)Nc1cccc(OCc2cn3ccccc3n2)c1. The fraction of sp³-hybridized carbons (Fsp3) is 0.125. The van der Waals surface area contributed by atoms with Crippen molar-refractivity contribution >= 4 is 23.1 Å². The first-order valence-electron chi connectivity index (χ1n) is 9.92. The molecule has 7 nitrogen and oxygen atoms in total. The third kappa shape index (κ3) is 5.70. The zero-order valence-electron chi connectivity index (χ0n) is 16.8. The van der Waals surface area contributed by atoms with Crippen molar-refractivity contribution < 1.29 is 14.3 Å². The molecule has 4 aromatic rings. The molecule has 2 aromatic heterocycles. The second-order valence-electron chi connectivity index (χ2n) is 7.00. The molecule has 2 amide bonds. The molecule has 0 aliphatic rings. The molecule has 2 heterocycles. The number of imidazole rings is 1. The average molecular weight is 414 g/mol. The van der Waals surface area contributed by atoms with Gasteiger partial charge in [-0.1, -0.05) is 42.5 Å². The third-order valence-corrected chi connectivity index (χ3v) is 4.57. The maximum absolute atomic E-state index is 12.2. The number of nitrogens with one attached hydrogen (secondary N) is 2. The van der Waals surface area contributed by atoms with Gasteiger partial charge in [-0.2, -0.15) is 0 Å². The summed E-state index contributed by atoms with van der Waals surface area (Å²) in [5.41, 5.74) is 3.16. The van der Waals surface area contributed by atoms with E-state index in [1.165, 1.54) is 0 Å². The van der Waals surface area contributed by atoms with Crippen molar-refractivity contribution in [3.63, 3.8) is 0 Å². The Hall–Kier alpha value is -4.13. The van der Waals surface area contributed by atoms with Crippen LogP contribution in [0.25, 0.3) is 5.65 Å². The quantitative estimate of drug-likeness (QED) is 0.464. The molecular weight excluding hydrogens is 392 g/mol. The summed E-state index contributed by atoms with van der Waals surface area (Å²) in [7, 11) is 0. The first kappa shape index (κ1) is 20.2. The van der Waals surface area contributed by atoms with Gasteiger partial charge in [0.1, 0.15) is 18.0 Å². The minimum Gasteiger partial charge on any atom is -0.487 e. The van der Waals surface area contributed by atoms with E-state index in [0.29, 0.717) is 18.0 Å². The van der Waals surface area contributed by atoms with E-state index in [4.69, 9.17) is 4.74 Å². The Balaban J connectivity index is 1.26. The van der Waals surface area contributed by atoms with Crippen molar-refractivity contribution in [1.82, 2.24) is 14.7 Å². The van der Waals surface area contributed by atoms with E-state index >= 15 is 0 Å². The van der Waals surface area contributed by atoms with Gasteiger partial charge in [-0.3, -0.25) is 9.59 Å². The first-order chi connectivity index (χ1) is 15.2. The summed E-state index contributed by atoms with van der Waals surface area (Å²) < 4.78 is 7.74. The second-order valence-corrected chi connectivity index (χ2v) is 7.00. The van der Waals surface area contributed by atoms with Crippen LogP contribution >= 0.6 is 0 Å². The summed E-state index contributed by atoms with van der Waals surface area (Å²) in [6.45, 7) is 0.215. The van der Waals surface area contributed by atoms with Gasteiger partial charge in [0.15, 0.2) is 0 Å². The predicted octanol–water partition coefficient (Wildman–Crippen LogP) is 3.21. The Kier molecular flexibility index (Phi) is 6.23. The van der Waals surface area contributed by atoms with Crippen LogP contribution in [-0.2, 0) is 22.6 Å². The Morgan fingerprint density at radius 1 is 0.935 bits per heavy atom. The number of hydrogen-bond donors (Lipinski definition) is 2. The lowest BCUT2D eigenvalue weighted by Crippen LogP contribution is -2.33. The zero-order chi connectivity index (χ0) is 21.5. The summed E-state index contributed by atoms with van der Waals surface area (Å²) in [6, 6.07) is 22.3. The molecule has 0 bridgehead atoms. The van der Waals surface area contributed by atoms with Gasteiger partial charge < -0.3 is 19.8 Å². The Morgan fingerprint density at radius 3 is 2.61 bits per heavy atom. The molecule has 0 fully saturated rings. The number of carbonyl (C=O) groups excluding carboxylic acids is 2. The lowest BCUT2D eigenvalue weighted by Gasteiger charge is -2.09. The van der Waals surface area contributed by atoms with E-state index in [2.05, 4.69) is 15.6 Å². The van der Waals surface area contributed by atoms with Gasteiger partial charge in [0.05, 0.1) is 18.7 Å². The summed E-state index contributed by atoms with van der Waals surface area (Å²) in [6.07, 6.45) is 4.08. The molecule has 4 rings (SSSR count). The third-order valence-electron chi connectivity index (χ3n) is 4.57. The van der Waals surface area contributed by atoms with Gasteiger partial charge in [0.2, 0.25) is 11.8 Å². The van der Waals surface area contributed by atoms with Crippen LogP contribution in [-0.4, -0.2) is 27.7 Å². The molecule has 31 heavy (non-hydrogen) atoms. The van der Waals surface area contributed by atoms with E-state index in [1.807, 2.05) is 71.4 Å². The number of rotatable bonds is 8. The maximum Gasteiger partial charge on any atom is 0.243 e. The maximum atomic E-state index is 12.2. The number of aromatic nitrogens is 2. The number of hydrogen-bond acceptors (Lipinski definition) is 4. The van der Waals surface area contributed by atoms with Crippen LogP contribution in [0.1, 0.15) is 11.3 Å². The average Bonchev–Trinajstić information content (AvgIpc) is 3.20. The minimum absolute atomic E-state index is 0.0992. The molecule has 0 spiro atoms. The summed E-state index contributed by atoms with van der Waals surface area (Å²) >= 11 is 0. The molecule has 0 atom stereocenters. The molecule has 156 valence electrons. The second kappa shape index (κ2) is 9.58. The van der Waals surface area contributed by atoms with Crippen LogP contribution in [0.5, 0.6) is 5.75 Å². The van der Waals surface area contributed by atoms with Crippen molar-refractivity contribution in [3.05, 3.63) is 96.4 Å². The fourth-order valence-corrected chi connectivity index (χ4v) is 3.11. The fourth-order valence-electron chi connectivity index (χ4n) is 3.11. The Bertz CT molecular complexity index is 1150.